The number of nitrogens with zero attached hydrogens (tertiary/aromatic N) is 1. The highest BCUT2D eigenvalue weighted by molar-refractivity contribution is 6.32. The molecule has 6 heteroatoms. The summed E-state index contributed by atoms with van der Waals surface area (Å²) in [5.74, 6) is -0.0162. The fourth-order valence-electron chi connectivity index (χ4n) is 1.29. The average molecular weight is 239 g/mol. The number of benzene rings is 1. The summed E-state index contributed by atoms with van der Waals surface area (Å²) >= 11 is 5.88. The van der Waals surface area contributed by atoms with Crippen molar-refractivity contribution in [1.82, 2.24) is 9.55 Å². The second kappa shape index (κ2) is 3.86. The molecule has 0 aliphatic rings. The zero-order chi connectivity index (χ0) is 11.7. The van der Waals surface area contributed by atoms with Crippen LogP contribution in [-0.2, 0) is 0 Å². The zero-order valence-electron chi connectivity index (χ0n) is 7.98. The molecule has 0 saturated heterocycles. The quantitative estimate of drug-likeness (QED) is 0.775. The minimum Gasteiger partial charge on any atom is -0.508 e. The maximum absolute atomic E-state index is 11.5. The van der Waals surface area contributed by atoms with E-state index in [1.165, 1.54) is 30.5 Å². The fourth-order valence-corrected chi connectivity index (χ4v) is 1.50. The van der Waals surface area contributed by atoms with E-state index in [0.717, 1.165) is 4.57 Å². The Labute approximate surface area is 94.6 Å². The van der Waals surface area contributed by atoms with Crippen molar-refractivity contribution in [2.75, 3.05) is 0 Å². The summed E-state index contributed by atoms with van der Waals surface area (Å²) in [6.07, 6.45) is 1.29. The number of rotatable bonds is 1. The second-order valence-corrected chi connectivity index (χ2v) is 3.52. The lowest BCUT2D eigenvalue weighted by Crippen LogP contribution is -2.27. The van der Waals surface area contributed by atoms with E-state index in [1.807, 2.05) is 0 Å². The smallest absolute Gasteiger partial charge is 0.332 e. The van der Waals surface area contributed by atoms with E-state index < -0.39 is 11.2 Å². The molecular formula is C10H7ClN2O3. The molecule has 2 aromatic rings. The summed E-state index contributed by atoms with van der Waals surface area (Å²) in [6, 6.07) is 5.40. The van der Waals surface area contributed by atoms with Gasteiger partial charge in [0.15, 0.2) is 0 Å². The zero-order valence-corrected chi connectivity index (χ0v) is 8.73. The third-order valence-corrected chi connectivity index (χ3v) is 2.33. The number of halogens is 1. The second-order valence-electron chi connectivity index (χ2n) is 3.12. The van der Waals surface area contributed by atoms with Crippen LogP contribution in [0.15, 0.2) is 40.1 Å². The lowest BCUT2D eigenvalue weighted by Gasteiger charge is -2.06. The van der Waals surface area contributed by atoms with Crippen LogP contribution in [0.2, 0.25) is 5.02 Å². The first kappa shape index (κ1) is 10.5. The molecule has 1 aromatic carbocycles. The van der Waals surface area contributed by atoms with Crippen molar-refractivity contribution in [3.63, 3.8) is 0 Å². The Kier molecular flexibility index (Phi) is 2.54. The van der Waals surface area contributed by atoms with Gasteiger partial charge in [0.2, 0.25) is 0 Å². The molecule has 0 aliphatic carbocycles. The van der Waals surface area contributed by atoms with Gasteiger partial charge in [-0.25, -0.2) is 4.79 Å². The number of phenolic OH excluding ortho intramolecular Hbond substituents is 1. The molecule has 0 fully saturated rings. The molecule has 82 valence electrons. The van der Waals surface area contributed by atoms with Gasteiger partial charge >= 0.3 is 5.69 Å². The molecule has 0 spiro atoms. The molecule has 16 heavy (non-hydrogen) atoms. The van der Waals surface area contributed by atoms with Gasteiger partial charge in [-0.05, 0) is 12.1 Å². The number of H-pyrrole nitrogens is 1. The molecule has 0 bridgehead atoms. The van der Waals surface area contributed by atoms with E-state index in [0.29, 0.717) is 10.7 Å². The van der Waals surface area contributed by atoms with Gasteiger partial charge < -0.3 is 5.11 Å². The van der Waals surface area contributed by atoms with Gasteiger partial charge in [-0.3, -0.25) is 14.3 Å². The molecule has 0 unspecified atom stereocenters. The van der Waals surface area contributed by atoms with Crippen LogP contribution in [0.4, 0.5) is 0 Å². The summed E-state index contributed by atoms with van der Waals surface area (Å²) in [5, 5.41) is 9.60. The Morgan fingerprint density at radius 1 is 1.25 bits per heavy atom. The van der Waals surface area contributed by atoms with Gasteiger partial charge in [0.1, 0.15) is 5.75 Å². The number of aromatic amines is 1. The van der Waals surface area contributed by atoms with Crippen molar-refractivity contribution in [3.05, 3.63) is 56.3 Å². The molecule has 0 atom stereocenters. The lowest BCUT2D eigenvalue weighted by molar-refractivity contribution is 0.475. The topological polar surface area (TPSA) is 75.1 Å². The van der Waals surface area contributed by atoms with E-state index in [4.69, 9.17) is 11.6 Å². The first-order chi connectivity index (χ1) is 7.58. The highest BCUT2D eigenvalue weighted by atomic mass is 35.5. The number of hydrogen-bond donors (Lipinski definition) is 2. The van der Waals surface area contributed by atoms with Crippen LogP contribution in [-0.4, -0.2) is 14.7 Å². The van der Waals surface area contributed by atoms with Gasteiger partial charge in [0.05, 0.1) is 10.7 Å². The highest BCUT2D eigenvalue weighted by Crippen LogP contribution is 2.23. The standard InChI is InChI=1S/C10H7ClN2O3/c11-7-2-1-6(14)5-8(7)13-4-3-9(15)12-10(13)16/h1-5,14H,(H,12,15,16). The molecule has 2 N–H and O–H groups in total. The SMILES string of the molecule is O=c1ccn(-c2cc(O)ccc2Cl)c(=O)[nH]1. The van der Waals surface area contributed by atoms with Gasteiger partial charge in [-0.1, -0.05) is 11.6 Å². The molecule has 0 saturated carbocycles. The Balaban J connectivity index is 2.72. The molecule has 0 amide bonds. The summed E-state index contributed by atoms with van der Waals surface area (Å²) in [5.41, 5.74) is -0.791. The lowest BCUT2D eigenvalue weighted by atomic mass is 10.3. The number of phenols is 1. The van der Waals surface area contributed by atoms with Gasteiger partial charge in [-0.15, -0.1) is 0 Å². The number of aromatic nitrogens is 2. The van der Waals surface area contributed by atoms with Gasteiger partial charge in [0, 0.05) is 18.3 Å². The maximum Gasteiger partial charge on any atom is 0.332 e. The van der Waals surface area contributed by atoms with Crippen LogP contribution < -0.4 is 11.2 Å². The summed E-state index contributed by atoms with van der Waals surface area (Å²) < 4.78 is 1.14. The van der Waals surface area contributed by atoms with E-state index in [9.17, 15) is 14.7 Å². The Morgan fingerprint density at radius 3 is 2.69 bits per heavy atom. The van der Waals surface area contributed by atoms with E-state index in [-0.39, 0.29) is 5.75 Å². The van der Waals surface area contributed by atoms with Crippen molar-refractivity contribution >= 4 is 11.6 Å². The molecule has 2 rings (SSSR count). The Bertz CT molecular complexity index is 645. The first-order valence-corrected chi connectivity index (χ1v) is 4.76. The highest BCUT2D eigenvalue weighted by Gasteiger charge is 2.05. The number of hydrogen-bond acceptors (Lipinski definition) is 3. The van der Waals surface area contributed by atoms with Crippen LogP contribution >= 0.6 is 11.6 Å². The van der Waals surface area contributed by atoms with Crippen molar-refractivity contribution < 1.29 is 5.11 Å². The molecular weight excluding hydrogens is 232 g/mol. The average Bonchev–Trinajstić information content (AvgIpc) is 2.22. The Hall–Kier alpha value is -2.01. The van der Waals surface area contributed by atoms with E-state index >= 15 is 0 Å². The van der Waals surface area contributed by atoms with E-state index in [1.54, 1.807) is 0 Å². The first-order valence-electron chi connectivity index (χ1n) is 4.39. The van der Waals surface area contributed by atoms with E-state index in [2.05, 4.69) is 4.98 Å². The summed E-state index contributed by atoms with van der Waals surface area (Å²) in [7, 11) is 0. The van der Waals surface area contributed by atoms with Crippen LogP contribution in [0.5, 0.6) is 5.75 Å². The van der Waals surface area contributed by atoms with Crippen molar-refractivity contribution in [2.45, 2.75) is 0 Å². The normalized spacial score (nSPS) is 10.3. The van der Waals surface area contributed by atoms with Crippen LogP contribution in [0.1, 0.15) is 0 Å². The molecule has 5 nitrogen and oxygen atoms in total. The third-order valence-electron chi connectivity index (χ3n) is 2.01. The summed E-state index contributed by atoms with van der Waals surface area (Å²) in [6.45, 7) is 0. The largest absolute Gasteiger partial charge is 0.508 e. The van der Waals surface area contributed by atoms with Gasteiger partial charge in [-0.2, -0.15) is 0 Å². The maximum atomic E-state index is 11.5. The van der Waals surface area contributed by atoms with Crippen LogP contribution in [0.3, 0.4) is 0 Å². The minimum absolute atomic E-state index is 0.0162. The fraction of sp³-hybridized carbons (Fsp3) is 0. The van der Waals surface area contributed by atoms with Crippen LogP contribution in [0, 0.1) is 0 Å². The molecule has 0 aliphatic heterocycles. The van der Waals surface area contributed by atoms with Crippen molar-refractivity contribution in [1.29, 1.82) is 0 Å². The molecule has 1 heterocycles. The number of nitrogens with one attached hydrogen (secondary N) is 1. The minimum atomic E-state index is -0.611. The predicted octanol–water partition coefficient (Wildman–Crippen LogP) is 0.885. The molecule has 0 radical (unpaired) electrons. The number of aromatic hydroxyl groups is 1. The molecule has 1 aromatic heterocycles. The predicted molar refractivity (Wildman–Crippen MR) is 59.3 cm³/mol. The van der Waals surface area contributed by atoms with Crippen LogP contribution in [0.25, 0.3) is 5.69 Å². The third kappa shape index (κ3) is 1.85. The van der Waals surface area contributed by atoms with Crippen molar-refractivity contribution in [2.24, 2.45) is 0 Å². The van der Waals surface area contributed by atoms with Crippen molar-refractivity contribution in [3.8, 4) is 11.4 Å². The monoisotopic (exact) mass is 238 g/mol. The Morgan fingerprint density at radius 2 is 2.00 bits per heavy atom. The van der Waals surface area contributed by atoms with Gasteiger partial charge in [0.25, 0.3) is 5.56 Å². The summed E-state index contributed by atoms with van der Waals surface area (Å²) in [4.78, 5) is 24.4.